The van der Waals surface area contributed by atoms with Crippen LogP contribution in [0.3, 0.4) is 0 Å². The number of hydrogen-bond acceptors (Lipinski definition) is 3. The van der Waals surface area contributed by atoms with E-state index in [0.29, 0.717) is 29.3 Å². The van der Waals surface area contributed by atoms with E-state index in [9.17, 15) is 4.79 Å². The summed E-state index contributed by atoms with van der Waals surface area (Å²) in [6.07, 6.45) is 4.37. The van der Waals surface area contributed by atoms with Gasteiger partial charge in [0.25, 0.3) is 5.91 Å². The van der Waals surface area contributed by atoms with Crippen molar-refractivity contribution in [3.05, 3.63) is 88.7 Å². The number of carbonyl (C=O) groups excluding carboxylic acids is 1. The summed E-state index contributed by atoms with van der Waals surface area (Å²) in [5, 5.41) is 4.28. The number of furan rings is 1. The summed E-state index contributed by atoms with van der Waals surface area (Å²) in [7, 11) is 0. The minimum Gasteiger partial charge on any atom is -0.449 e. The first kappa shape index (κ1) is 18.3. The predicted octanol–water partition coefficient (Wildman–Crippen LogP) is 4.61. The molecule has 0 fully saturated rings. The van der Waals surface area contributed by atoms with Gasteiger partial charge in [0.1, 0.15) is 5.82 Å². The molecule has 4 rings (SSSR count). The molecule has 1 N–H and O–H groups in total. The van der Waals surface area contributed by atoms with E-state index in [-0.39, 0.29) is 5.91 Å². The van der Waals surface area contributed by atoms with Gasteiger partial charge in [0.15, 0.2) is 11.3 Å². The molecular weight excluding hydrogens is 374 g/mol. The zero-order valence-corrected chi connectivity index (χ0v) is 16.2. The summed E-state index contributed by atoms with van der Waals surface area (Å²) in [6, 6.07) is 15.7. The van der Waals surface area contributed by atoms with Gasteiger partial charge in [-0.05, 0) is 18.6 Å². The Morgan fingerprint density at radius 3 is 2.79 bits per heavy atom. The van der Waals surface area contributed by atoms with Crippen molar-refractivity contribution in [2.75, 3.05) is 6.54 Å². The number of amides is 1. The van der Waals surface area contributed by atoms with Crippen molar-refractivity contribution in [2.24, 2.45) is 0 Å². The van der Waals surface area contributed by atoms with Crippen molar-refractivity contribution in [1.82, 2.24) is 14.9 Å². The highest BCUT2D eigenvalue weighted by atomic mass is 35.5. The number of aryl methyl sites for hydroxylation is 1. The Labute approximate surface area is 167 Å². The number of halogens is 1. The van der Waals surface area contributed by atoms with Gasteiger partial charge in [-0.1, -0.05) is 54.1 Å². The summed E-state index contributed by atoms with van der Waals surface area (Å²) in [6.45, 7) is 3.09. The number of para-hydroxylation sites is 1. The number of fused-ring (bicyclic) bond motifs is 1. The molecule has 142 valence electrons. The lowest BCUT2D eigenvalue weighted by Gasteiger charge is -2.08. The van der Waals surface area contributed by atoms with Crippen molar-refractivity contribution in [1.29, 1.82) is 0 Å². The Morgan fingerprint density at radius 1 is 1.18 bits per heavy atom. The molecule has 0 saturated heterocycles. The molecule has 0 bridgehead atoms. The minimum atomic E-state index is -0.245. The van der Waals surface area contributed by atoms with E-state index in [2.05, 4.69) is 27.0 Å². The quantitative estimate of drug-likeness (QED) is 0.520. The van der Waals surface area contributed by atoms with Crippen LogP contribution in [-0.2, 0) is 13.0 Å². The van der Waals surface area contributed by atoms with Crippen molar-refractivity contribution in [3.63, 3.8) is 0 Å². The average molecular weight is 394 g/mol. The lowest BCUT2D eigenvalue weighted by atomic mass is 10.1. The summed E-state index contributed by atoms with van der Waals surface area (Å²) < 4.78 is 7.81. The second-order valence-corrected chi connectivity index (χ2v) is 7.04. The fourth-order valence-corrected chi connectivity index (χ4v) is 3.50. The van der Waals surface area contributed by atoms with Crippen LogP contribution in [0.2, 0.25) is 5.02 Å². The maximum absolute atomic E-state index is 12.6. The molecule has 6 heteroatoms. The van der Waals surface area contributed by atoms with Crippen LogP contribution in [0, 0.1) is 6.92 Å². The number of benzene rings is 2. The molecule has 4 aromatic rings. The van der Waals surface area contributed by atoms with Crippen LogP contribution >= 0.6 is 11.6 Å². The smallest absolute Gasteiger partial charge is 0.287 e. The summed E-state index contributed by atoms with van der Waals surface area (Å²) in [5.41, 5.74) is 2.55. The standard InChI is InChI=1S/C22H20ClN3O2/c1-15-17-8-5-9-18(23)21(17)28-20(15)22(27)25-11-10-19-24-12-13-26(19)14-16-6-3-2-4-7-16/h2-9,12-13H,10-11,14H2,1H3,(H,25,27). The van der Waals surface area contributed by atoms with Gasteiger partial charge in [0, 0.05) is 42.9 Å². The summed E-state index contributed by atoms with van der Waals surface area (Å²) in [4.78, 5) is 17.0. The Bertz CT molecular complexity index is 1120. The molecule has 0 spiro atoms. The second-order valence-electron chi connectivity index (χ2n) is 6.64. The van der Waals surface area contributed by atoms with Gasteiger partial charge < -0.3 is 14.3 Å². The zero-order valence-electron chi connectivity index (χ0n) is 15.5. The molecule has 28 heavy (non-hydrogen) atoms. The molecule has 0 aliphatic carbocycles. The highest BCUT2D eigenvalue weighted by Crippen LogP contribution is 2.30. The fourth-order valence-electron chi connectivity index (χ4n) is 3.29. The molecule has 0 radical (unpaired) electrons. The average Bonchev–Trinajstić information content (AvgIpc) is 3.28. The van der Waals surface area contributed by atoms with Crippen LogP contribution in [0.15, 0.2) is 65.3 Å². The number of hydrogen-bond donors (Lipinski definition) is 1. The highest BCUT2D eigenvalue weighted by Gasteiger charge is 2.18. The highest BCUT2D eigenvalue weighted by molar-refractivity contribution is 6.35. The molecule has 1 amide bonds. The first-order chi connectivity index (χ1) is 13.6. The normalized spacial score (nSPS) is 11.1. The second kappa shape index (κ2) is 7.90. The number of imidazole rings is 1. The Balaban J connectivity index is 1.41. The number of aromatic nitrogens is 2. The van der Waals surface area contributed by atoms with Crippen molar-refractivity contribution in [2.45, 2.75) is 19.9 Å². The van der Waals surface area contributed by atoms with Gasteiger partial charge in [-0.3, -0.25) is 4.79 Å². The molecule has 2 aromatic carbocycles. The molecule has 0 saturated carbocycles. The first-order valence-corrected chi connectivity index (χ1v) is 9.51. The third kappa shape index (κ3) is 3.66. The van der Waals surface area contributed by atoms with Crippen LogP contribution in [0.4, 0.5) is 0 Å². The maximum Gasteiger partial charge on any atom is 0.287 e. The molecule has 0 unspecified atom stereocenters. The van der Waals surface area contributed by atoms with Crippen LogP contribution in [-0.4, -0.2) is 22.0 Å². The van der Waals surface area contributed by atoms with Gasteiger partial charge in [0.05, 0.1) is 5.02 Å². The lowest BCUT2D eigenvalue weighted by molar-refractivity contribution is 0.0927. The minimum absolute atomic E-state index is 0.245. The first-order valence-electron chi connectivity index (χ1n) is 9.13. The van der Waals surface area contributed by atoms with E-state index in [4.69, 9.17) is 16.0 Å². The molecule has 2 heterocycles. The summed E-state index contributed by atoms with van der Waals surface area (Å²) in [5.74, 6) is 0.982. The van der Waals surface area contributed by atoms with Crippen LogP contribution in [0.25, 0.3) is 11.0 Å². The van der Waals surface area contributed by atoms with Gasteiger partial charge in [-0.2, -0.15) is 0 Å². The van der Waals surface area contributed by atoms with Crippen LogP contribution in [0.5, 0.6) is 0 Å². The van der Waals surface area contributed by atoms with Crippen molar-refractivity contribution < 1.29 is 9.21 Å². The number of rotatable bonds is 6. The largest absolute Gasteiger partial charge is 0.449 e. The van der Waals surface area contributed by atoms with Crippen LogP contribution < -0.4 is 5.32 Å². The van der Waals surface area contributed by atoms with Gasteiger partial charge in [-0.25, -0.2) is 4.98 Å². The Kier molecular flexibility index (Phi) is 5.17. The third-order valence-electron chi connectivity index (χ3n) is 4.75. The molecule has 0 aliphatic heterocycles. The number of nitrogens with zero attached hydrogens (tertiary/aromatic N) is 2. The van der Waals surface area contributed by atoms with E-state index in [1.807, 2.05) is 43.5 Å². The zero-order chi connectivity index (χ0) is 19.5. The van der Waals surface area contributed by atoms with Gasteiger partial charge >= 0.3 is 0 Å². The van der Waals surface area contributed by atoms with E-state index in [1.54, 1.807) is 12.3 Å². The lowest BCUT2D eigenvalue weighted by Crippen LogP contribution is -2.26. The van der Waals surface area contributed by atoms with Crippen LogP contribution in [0.1, 0.15) is 27.5 Å². The third-order valence-corrected chi connectivity index (χ3v) is 5.05. The van der Waals surface area contributed by atoms with E-state index in [0.717, 1.165) is 23.3 Å². The van der Waals surface area contributed by atoms with Crippen molar-refractivity contribution in [3.8, 4) is 0 Å². The van der Waals surface area contributed by atoms with Gasteiger partial charge in [0.2, 0.25) is 0 Å². The Hall–Kier alpha value is -3.05. The van der Waals surface area contributed by atoms with E-state index >= 15 is 0 Å². The van der Waals surface area contributed by atoms with E-state index in [1.165, 1.54) is 5.56 Å². The molecular formula is C22H20ClN3O2. The van der Waals surface area contributed by atoms with Crippen molar-refractivity contribution >= 4 is 28.5 Å². The number of carbonyl (C=O) groups is 1. The Morgan fingerprint density at radius 2 is 2.00 bits per heavy atom. The molecule has 0 atom stereocenters. The maximum atomic E-state index is 12.6. The van der Waals surface area contributed by atoms with Gasteiger partial charge in [-0.15, -0.1) is 0 Å². The summed E-state index contributed by atoms with van der Waals surface area (Å²) >= 11 is 6.17. The molecule has 2 aromatic heterocycles. The topological polar surface area (TPSA) is 60.1 Å². The SMILES string of the molecule is Cc1c(C(=O)NCCc2nccn2Cc2ccccc2)oc2c(Cl)cccc12. The number of nitrogens with one attached hydrogen (secondary N) is 1. The molecule has 0 aliphatic rings. The predicted molar refractivity (Wildman–Crippen MR) is 110 cm³/mol. The molecule has 5 nitrogen and oxygen atoms in total. The van der Waals surface area contributed by atoms with E-state index < -0.39 is 0 Å². The fraction of sp³-hybridized carbons (Fsp3) is 0.182. The monoisotopic (exact) mass is 393 g/mol.